The maximum atomic E-state index is 11.9. The molecule has 0 aliphatic rings. The second-order valence-corrected chi connectivity index (χ2v) is 4.65. The van der Waals surface area contributed by atoms with Gasteiger partial charge in [0.05, 0.1) is 22.3 Å². The van der Waals surface area contributed by atoms with Gasteiger partial charge in [-0.15, -0.1) is 0 Å². The Hall–Kier alpha value is -1.43. The van der Waals surface area contributed by atoms with Crippen molar-refractivity contribution in [3.8, 4) is 0 Å². The summed E-state index contributed by atoms with van der Waals surface area (Å²) in [6, 6.07) is 0. The number of aryl methyl sites for hydroxylation is 1. The number of amides is 1. The summed E-state index contributed by atoms with van der Waals surface area (Å²) in [6.07, 6.45) is 1.53. The fourth-order valence-corrected chi connectivity index (χ4v) is 1.19. The molecule has 1 aromatic heterocycles. The van der Waals surface area contributed by atoms with Crippen molar-refractivity contribution < 1.29 is 4.79 Å². The Labute approximate surface area is 100 Å². The summed E-state index contributed by atoms with van der Waals surface area (Å²) in [5, 5.41) is 6.77. The molecule has 0 saturated heterocycles. The van der Waals surface area contributed by atoms with Crippen LogP contribution in [0.25, 0.3) is 0 Å². The molecule has 0 aliphatic heterocycles. The molecule has 0 aromatic carbocycles. The number of hydrogen-bond acceptors (Lipinski definition) is 3. The third kappa shape index (κ3) is 2.38. The van der Waals surface area contributed by atoms with Crippen LogP contribution in [-0.2, 0) is 7.05 Å². The standard InChI is InChI=1S/C10H16N4OS/c1-6-7(5-12-14(6)4)8(15)13-10(2,3)9(11)16/h5H,1-4H3,(H2,11,16)(H,13,15). The molecule has 6 heteroatoms. The van der Waals surface area contributed by atoms with E-state index in [1.807, 2.05) is 6.92 Å². The molecule has 1 rings (SSSR count). The lowest BCUT2D eigenvalue weighted by Crippen LogP contribution is -2.52. The van der Waals surface area contributed by atoms with Gasteiger partial charge in [-0.25, -0.2) is 0 Å². The summed E-state index contributed by atoms with van der Waals surface area (Å²) in [7, 11) is 1.78. The van der Waals surface area contributed by atoms with E-state index in [1.54, 1.807) is 25.6 Å². The highest BCUT2D eigenvalue weighted by Crippen LogP contribution is 2.09. The Morgan fingerprint density at radius 1 is 1.62 bits per heavy atom. The van der Waals surface area contributed by atoms with E-state index in [0.717, 1.165) is 5.69 Å². The summed E-state index contributed by atoms with van der Waals surface area (Å²) in [6.45, 7) is 5.35. The molecule has 0 radical (unpaired) electrons. The number of aromatic nitrogens is 2. The van der Waals surface area contributed by atoms with Crippen LogP contribution in [0.3, 0.4) is 0 Å². The lowest BCUT2D eigenvalue weighted by Gasteiger charge is -2.24. The highest BCUT2D eigenvalue weighted by Gasteiger charge is 2.25. The van der Waals surface area contributed by atoms with Crippen molar-refractivity contribution >= 4 is 23.1 Å². The van der Waals surface area contributed by atoms with E-state index in [9.17, 15) is 4.79 Å². The first kappa shape index (κ1) is 12.6. The number of nitrogens with zero attached hydrogens (tertiary/aromatic N) is 2. The van der Waals surface area contributed by atoms with Gasteiger partial charge in [0.15, 0.2) is 0 Å². The summed E-state index contributed by atoms with van der Waals surface area (Å²) in [5.74, 6) is -0.219. The topological polar surface area (TPSA) is 72.9 Å². The number of nitrogens with one attached hydrogen (secondary N) is 1. The summed E-state index contributed by atoms with van der Waals surface area (Å²) in [5.41, 5.74) is 6.17. The van der Waals surface area contributed by atoms with Crippen molar-refractivity contribution in [2.24, 2.45) is 12.8 Å². The van der Waals surface area contributed by atoms with Crippen molar-refractivity contribution in [1.29, 1.82) is 0 Å². The van der Waals surface area contributed by atoms with Gasteiger partial charge in [-0.3, -0.25) is 9.48 Å². The molecule has 1 heterocycles. The van der Waals surface area contributed by atoms with Crippen LogP contribution in [0.15, 0.2) is 6.20 Å². The zero-order chi connectivity index (χ0) is 12.5. The van der Waals surface area contributed by atoms with Crippen molar-refractivity contribution in [3.05, 3.63) is 17.5 Å². The fourth-order valence-electron chi connectivity index (χ4n) is 1.13. The normalized spacial score (nSPS) is 11.2. The molecule has 1 amide bonds. The first-order valence-corrected chi connectivity index (χ1v) is 5.27. The minimum Gasteiger partial charge on any atom is -0.391 e. The van der Waals surface area contributed by atoms with Crippen molar-refractivity contribution in [1.82, 2.24) is 15.1 Å². The second kappa shape index (κ2) is 4.21. The van der Waals surface area contributed by atoms with E-state index in [4.69, 9.17) is 18.0 Å². The van der Waals surface area contributed by atoms with Gasteiger partial charge in [0, 0.05) is 12.7 Å². The van der Waals surface area contributed by atoms with E-state index >= 15 is 0 Å². The molecule has 3 N–H and O–H groups in total. The monoisotopic (exact) mass is 240 g/mol. The Balaban J connectivity index is 2.89. The van der Waals surface area contributed by atoms with Crippen LogP contribution >= 0.6 is 12.2 Å². The molecule has 16 heavy (non-hydrogen) atoms. The van der Waals surface area contributed by atoms with Crippen molar-refractivity contribution in [2.75, 3.05) is 0 Å². The quantitative estimate of drug-likeness (QED) is 0.756. The van der Waals surface area contributed by atoms with Crippen molar-refractivity contribution in [2.45, 2.75) is 26.3 Å². The molecule has 0 fully saturated rings. The van der Waals surface area contributed by atoms with Gasteiger partial charge in [0.2, 0.25) is 0 Å². The number of hydrogen-bond donors (Lipinski definition) is 2. The van der Waals surface area contributed by atoms with E-state index < -0.39 is 5.54 Å². The maximum absolute atomic E-state index is 11.9. The number of carbonyl (C=O) groups excluding carboxylic acids is 1. The average molecular weight is 240 g/mol. The zero-order valence-electron chi connectivity index (χ0n) is 9.87. The molecular formula is C10H16N4OS. The number of rotatable bonds is 3. The summed E-state index contributed by atoms with van der Waals surface area (Å²) >= 11 is 4.88. The fraction of sp³-hybridized carbons (Fsp3) is 0.500. The molecule has 1 aromatic rings. The van der Waals surface area contributed by atoms with E-state index in [2.05, 4.69) is 10.4 Å². The van der Waals surface area contributed by atoms with Crippen LogP contribution in [0.1, 0.15) is 29.9 Å². The lowest BCUT2D eigenvalue weighted by atomic mass is 10.1. The molecule has 88 valence electrons. The third-order valence-corrected chi connectivity index (χ3v) is 3.03. The minimum atomic E-state index is -0.700. The van der Waals surface area contributed by atoms with Gasteiger partial charge in [-0.05, 0) is 20.8 Å². The van der Waals surface area contributed by atoms with Crippen LogP contribution < -0.4 is 11.1 Å². The first-order valence-electron chi connectivity index (χ1n) is 4.86. The Bertz CT molecular complexity index is 436. The number of nitrogens with two attached hydrogens (primary N) is 1. The first-order chi connectivity index (χ1) is 7.25. The highest BCUT2D eigenvalue weighted by atomic mass is 32.1. The Morgan fingerprint density at radius 2 is 2.19 bits per heavy atom. The van der Waals surface area contributed by atoms with Crippen LogP contribution in [-0.4, -0.2) is 26.2 Å². The molecule has 0 bridgehead atoms. The lowest BCUT2D eigenvalue weighted by molar-refractivity contribution is 0.0931. The predicted molar refractivity (Wildman–Crippen MR) is 66.3 cm³/mol. The molecule has 0 atom stereocenters. The third-order valence-electron chi connectivity index (χ3n) is 2.52. The van der Waals surface area contributed by atoms with Gasteiger partial charge in [0.25, 0.3) is 5.91 Å². The van der Waals surface area contributed by atoms with Gasteiger partial charge in [-0.2, -0.15) is 5.10 Å². The number of carbonyl (C=O) groups is 1. The molecule has 0 spiro atoms. The van der Waals surface area contributed by atoms with Gasteiger partial charge in [0.1, 0.15) is 0 Å². The second-order valence-electron chi connectivity index (χ2n) is 4.21. The van der Waals surface area contributed by atoms with Gasteiger partial charge >= 0.3 is 0 Å². The van der Waals surface area contributed by atoms with Crippen molar-refractivity contribution in [3.63, 3.8) is 0 Å². The molecule has 0 unspecified atom stereocenters. The van der Waals surface area contributed by atoms with E-state index in [-0.39, 0.29) is 10.9 Å². The van der Waals surface area contributed by atoms with Crippen LogP contribution in [0.4, 0.5) is 0 Å². The smallest absolute Gasteiger partial charge is 0.255 e. The molecule has 5 nitrogen and oxygen atoms in total. The van der Waals surface area contributed by atoms with E-state index in [0.29, 0.717) is 5.56 Å². The zero-order valence-corrected chi connectivity index (χ0v) is 10.7. The molecule has 0 aliphatic carbocycles. The Morgan fingerprint density at radius 3 is 2.56 bits per heavy atom. The van der Waals surface area contributed by atoms with Gasteiger partial charge < -0.3 is 11.1 Å². The van der Waals surface area contributed by atoms with Crippen LogP contribution in [0.5, 0.6) is 0 Å². The number of thiocarbonyl (C=S) groups is 1. The molecule has 0 saturated carbocycles. The molecular weight excluding hydrogens is 224 g/mol. The largest absolute Gasteiger partial charge is 0.391 e. The predicted octanol–water partition coefficient (Wildman–Crippen LogP) is 0.523. The maximum Gasteiger partial charge on any atom is 0.255 e. The minimum absolute atomic E-state index is 0.219. The summed E-state index contributed by atoms with van der Waals surface area (Å²) < 4.78 is 1.64. The average Bonchev–Trinajstić information content (AvgIpc) is 2.46. The van der Waals surface area contributed by atoms with Crippen LogP contribution in [0.2, 0.25) is 0 Å². The van der Waals surface area contributed by atoms with E-state index in [1.165, 1.54) is 6.20 Å². The van der Waals surface area contributed by atoms with Gasteiger partial charge in [-0.1, -0.05) is 12.2 Å². The summed E-state index contributed by atoms with van der Waals surface area (Å²) in [4.78, 5) is 12.2. The highest BCUT2D eigenvalue weighted by molar-refractivity contribution is 7.80. The SMILES string of the molecule is Cc1c(C(=O)NC(C)(C)C(N)=S)cnn1C. The Kier molecular flexibility index (Phi) is 3.32. The van der Waals surface area contributed by atoms with Crippen LogP contribution in [0, 0.1) is 6.92 Å².